The van der Waals surface area contributed by atoms with Gasteiger partial charge < -0.3 is 5.11 Å². The molecule has 4 aromatic rings. The van der Waals surface area contributed by atoms with Gasteiger partial charge in [-0.3, -0.25) is 14.3 Å². The van der Waals surface area contributed by atoms with E-state index in [4.69, 9.17) is 16.7 Å². The van der Waals surface area contributed by atoms with Crippen molar-refractivity contribution >= 4 is 44.8 Å². The summed E-state index contributed by atoms with van der Waals surface area (Å²) in [5, 5.41) is 10.7. The average Bonchev–Trinajstić information content (AvgIpc) is 3.21. The molecule has 11 heteroatoms. The first-order valence-corrected chi connectivity index (χ1v) is 12.2. The van der Waals surface area contributed by atoms with Gasteiger partial charge in [-0.15, -0.1) is 11.3 Å². The number of hydrogen-bond acceptors (Lipinski definition) is 6. The maximum absolute atomic E-state index is 13.4. The third-order valence-electron chi connectivity index (χ3n) is 5.41. The van der Waals surface area contributed by atoms with E-state index in [-0.39, 0.29) is 18.6 Å². The normalized spacial score (nSPS) is 13.0. The number of H-pyrrole nitrogens is 1. The molecule has 35 heavy (non-hydrogen) atoms. The van der Waals surface area contributed by atoms with Crippen LogP contribution >= 0.6 is 22.9 Å². The molecule has 1 atom stereocenters. The van der Waals surface area contributed by atoms with Gasteiger partial charge in [-0.1, -0.05) is 37.6 Å². The largest absolute Gasteiger partial charge is 0.481 e. The summed E-state index contributed by atoms with van der Waals surface area (Å²) >= 11 is 7.56. The molecule has 0 radical (unpaired) electrons. The minimum absolute atomic E-state index is 0.0571. The fraction of sp³-hybridized carbons (Fsp3) is 0.292. The number of thiazole rings is 1. The van der Waals surface area contributed by atoms with Gasteiger partial charge in [0.05, 0.1) is 39.9 Å². The predicted molar refractivity (Wildman–Crippen MR) is 136 cm³/mol. The molecule has 2 aromatic carbocycles. The van der Waals surface area contributed by atoms with Crippen molar-refractivity contribution < 1.29 is 9.90 Å². The van der Waals surface area contributed by atoms with Crippen molar-refractivity contribution in [3.05, 3.63) is 84.6 Å². The van der Waals surface area contributed by atoms with Crippen molar-refractivity contribution in [2.75, 3.05) is 0 Å². The van der Waals surface area contributed by atoms with Gasteiger partial charge in [-0.05, 0) is 42.8 Å². The summed E-state index contributed by atoms with van der Waals surface area (Å²) in [6.45, 7) is 5.77. The van der Waals surface area contributed by atoms with Crippen LogP contribution in [0.3, 0.4) is 0 Å². The quantitative estimate of drug-likeness (QED) is 0.386. The van der Waals surface area contributed by atoms with Crippen molar-refractivity contribution in [3.63, 3.8) is 0 Å². The zero-order valence-electron chi connectivity index (χ0n) is 19.4. The lowest BCUT2D eigenvalue weighted by Crippen LogP contribution is -2.51. The number of benzene rings is 2. The molecule has 182 valence electrons. The number of carbonyl (C=O) groups is 1. The summed E-state index contributed by atoms with van der Waals surface area (Å²) in [7, 11) is 0. The molecule has 2 N–H and O–H groups in total. The molecule has 0 amide bonds. The van der Waals surface area contributed by atoms with Gasteiger partial charge in [0.2, 0.25) is 5.62 Å². The number of hydrogen-bond donors (Lipinski definition) is 2. The zero-order valence-corrected chi connectivity index (χ0v) is 20.9. The number of fused-ring (bicyclic) bond motifs is 1. The van der Waals surface area contributed by atoms with E-state index in [1.807, 2.05) is 12.1 Å². The van der Waals surface area contributed by atoms with Crippen molar-refractivity contribution in [1.29, 1.82) is 0 Å². The summed E-state index contributed by atoms with van der Waals surface area (Å²) in [5.74, 6) is -0.813. The third-order valence-corrected chi connectivity index (χ3v) is 6.98. The highest BCUT2D eigenvalue weighted by molar-refractivity contribution is 7.18. The Morgan fingerprint density at radius 2 is 1.89 bits per heavy atom. The first kappa shape index (κ1) is 24.6. The van der Waals surface area contributed by atoms with Crippen LogP contribution in [0.15, 0.2) is 57.0 Å². The van der Waals surface area contributed by atoms with Crippen LogP contribution in [-0.2, 0) is 11.3 Å². The number of rotatable bonds is 7. The van der Waals surface area contributed by atoms with Crippen molar-refractivity contribution in [2.24, 2.45) is 4.99 Å². The lowest BCUT2D eigenvalue weighted by molar-refractivity contribution is -0.137. The third kappa shape index (κ3) is 5.44. The SMILES string of the molecule is CC(C)c1nc2ccc(/N=c3\[nH]c(=O)n([C@@H](C)CC(=O)O)c(=O)n3Cc3ccc(Cl)cc3)cc2s1. The van der Waals surface area contributed by atoms with Crippen molar-refractivity contribution in [3.8, 4) is 0 Å². The lowest BCUT2D eigenvalue weighted by Gasteiger charge is -2.15. The van der Waals surface area contributed by atoms with E-state index in [2.05, 4.69) is 28.8 Å². The van der Waals surface area contributed by atoms with Crippen LogP contribution in [0.2, 0.25) is 5.02 Å². The molecular formula is C24H24ClN5O4S. The summed E-state index contributed by atoms with van der Waals surface area (Å²) < 4.78 is 3.18. The Hall–Kier alpha value is -3.50. The second-order valence-electron chi connectivity index (χ2n) is 8.54. The van der Waals surface area contributed by atoms with Gasteiger partial charge in [0.25, 0.3) is 0 Å². The number of carboxylic acid groups (broad SMARTS) is 1. The van der Waals surface area contributed by atoms with Gasteiger partial charge in [-0.25, -0.2) is 24.1 Å². The van der Waals surface area contributed by atoms with Crippen molar-refractivity contribution in [1.82, 2.24) is 19.1 Å². The number of aliphatic carboxylic acids is 1. The highest BCUT2D eigenvalue weighted by Gasteiger charge is 2.18. The summed E-state index contributed by atoms with van der Waals surface area (Å²) in [6, 6.07) is 11.6. The van der Waals surface area contributed by atoms with Gasteiger partial charge in [0, 0.05) is 10.9 Å². The number of aromatic amines is 1. The predicted octanol–water partition coefficient (Wildman–Crippen LogP) is 4.04. The van der Waals surface area contributed by atoms with Crippen LogP contribution in [-0.4, -0.2) is 30.2 Å². The minimum Gasteiger partial charge on any atom is -0.481 e. The van der Waals surface area contributed by atoms with E-state index in [9.17, 15) is 14.4 Å². The molecule has 0 aliphatic carbocycles. The highest BCUT2D eigenvalue weighted by Crippen LogP contribution is 2.29. The summed E-state index contributed by atoms with van der Waals surface area (Å²) in [4.78, 5) is 49.3. The van der Waals surface area contributed by atoms with Gasteiger partial charge >= 0.3 is 17.3 Å². The van der Waals surface area contributed by atoms with Crippen LogP contribution in [0, 0.1) is 0 Å². The second kappa shape index (κ2) is 10.0. The Labute approximate surface area is 209 Å². The molecule has 0 saturated carbocycles. The Balaban J connectivity index is 1.89. The Morgan fingerprint density at radius 1 is 1.17 bits per heavy atom. The molecule has 0 spiro atoms. The monoisotopic (exact) mass is 513 g/mol. The highest BCUT2D eigenvalue weighted by atomic mass is 35.5. The topological polar surface area (TPSA) is 122 Å². The van der Waals surface area contributed by atoms with E-state index in [0.29, 0.717) is 16.6 Å². The van der Waals surface area contributed by atoms with Crippen LogP contribution < -0.4 is 17.0 Å². The molecule has 0 aliphatic heterocycles. The number of nitrogens with zero attached hydrogens (tertiary/aromatic N) is 4. The van der Waals surface area contributed by atoms with E-state index < -0.39 is 23.4 Å². The maximum atomic E-state index is 13.4. The molecule has 0 aliphatic rings. The van der Waals surface area contributed by atoms with Gasteiger partial charge in [0.15, 0.2) is 0 Å². The number of carboxylic acids is 1. The van der Waals surface area contributed by atoms with Crippen LogP contribution in [0.5, 0.6) is 0 Å². The first-order chi connectivity index (χ1) is 16.6. The van der Waals surface area contributed by atoms with E-state index in [0.717, 1.165) is 25.4 Å². The van der Waals surface area contributed by atoms with E-state index in [1.165, 1.54) is 11.5 Å². The standard InChI is InChI=1S/C24H24ClN5O4S/c1-13(2)21-27-18-9-8-17(11-19(18)35-21)26-22-28-23(33)30(14(3)10-20(31)32)24(34)29(22)12-15-4-6-16(25)7-5-15/h4-9,11,13-14H,10,12H2,1-3H3,(H,31,32)(H,26,28,33)/t14-/m0/s1. The number of halogens is 1. The molecule has 0 unspecified atom stereocenters. The second-order valence-corrected chi connectivity index (χ2v) is 10.0. The van der Waals surface area contributed by atoms with Crippen LogP contribution in [0.4, 0.5) is 5.69 Å². The van der Waals surface area contributed by atoms with Gasteiger partial charge in [-0.2, -0.15) is 0 Å². The lowest BCUT2D eigenvalue weighted by atomic mass is 10.2. The molecule has 0 bridgehead atoms. The van der Waals surface area contributed by atoms with Crippen LogP contribution in [0.25, 0.3) is 10.2 Å². The number of aromatic nitrogens is 4. The summed E-state index contributed by atoms with van der Waals surface area (Å²) in [5.41, 5.74) is 0.845. The molecule has 0 fully saturated rings. The molecule has 0 saturated heterocycles. The number of nitrogens with one attached hydrogen (secondary N) is 1. The fourth-order valence-corrected chi connectivity index (χ4v) is 4.77. The molecule has 2 aromatic heterocycles. The van der Waals surface area contributed by atoms with E-state index in [1.54, 1.807) is 41.7 Å². The maximum Gasteiger partial charge on any atom is 0.335 e. The molecule has 9 nitrogen and oxygen atoms in total. The fourth-order valence-electron chi connectivity index (χ4n) is 3.64. The Kier molecular flexibility index (Phi) is 7.04. The van der Waals surface area contributed by atoms with Crippen LogP contribution in [0.1, 0.15) is 49.7 Å². The summed E-state index contributed by atoms with van der Waals surface area (Å²) in [6.07, 6.45) is -0.374. The Morgan fingerprint density at radius 3 is 2.54 bits per heavy atom. The molecule has 2 heterocycles. The smallest absolute Gasteiger partial charge is 0.335 e. The Bertz CT molecular complexity index is 1580. The minimum atomic E-state index is -1.11. The van der Waals surface area contributed by atoms with E-state index >= 15 is 0 Å². The first-order valence-electron chi connectivity index (χ1n) is 11.0. The molecule has 4 rings (SSSR count). The zero-order chi connectivity index (χ0) is 25.3. The van der Waals surface area contributed by atoms with Crippen molar-refractivity contribution in [2.45, 2.75) is 45.7 Å². The average molecular weight is 514 g/mol. The molecular weight excluding hydrogens is 490 g/mol. The van der Waals surface area contributed by atoms with Gasteiger partial charge in [0.1, 0.15) is 0 Å².